The van der Waals surface area contributed by atoms with Crippen LogP contribution in [0.25, 0.3) is 0 Å². The lowest BCUT2D eigenvalue weighted by Gasteiger charge is -2.17. The normalized spacial score (nSPS) is 18.5. The third kappa shape index (κ3) is 3.65. The number of rotatable bonds is 6. The number of sulfonamides is 1. The van der Waals surface area contributed by atoms with Gasteiger partial charge in [0.25, 0.3) is 0 Å². The molecule has 0 aliphatic carbocycles. The van der Waals surface area contributed by atoms with Gasteiger partial charge in [-0.3, -0.25) is 4.98 Å². The lowest BCUT2D eigenvalue weighted by Crippen LogP contribution is -2.31. The van der Waals surface area contributed by atoms with Gasteiger partial charge in [0, 0.05) is 18.8 Å². The standard InChI is InChI=1S/C16H19N3O4S/c1-2-22-16-6-5-15(11-18-16)24(20,21)19-9-7-14(12-19)23-13-4-3-8-17-10-13/h3-6,8,10-11,14H,2,7,9,12H2,1H3/t14-/m0/s1. The number of aromatic nitrogens is 2. The maximum atomic E-state index is 12.7. The molecule has 3 heterocycles. The maximum Gasteiger partial charge on any atom is 0.244 e. The quantitative estimate of drug-likeness (QED) is 0.790. The van der Waals surface area contributed by atoms with E-state index in [0.717, 1.165) is 0 Å². The van der Waals surface area contributed by atoms with Gasteiger partial charge in [-0.1, -0.05) is 0 Å². The molecule has 2 aromatic rings. The van der Waals surface area contributed by atoms with Crippen molar-refractivity contribution in [3.05, 3.63) is 42.9 Å². The zero-order chi connectivity index (χ0) is 17.0. The first-order valence-electron chi connectivity index (χ1n) is 7.75. The van der Waals surface area contributed by atoms with Gasteiger partial charge in [-0.25, -0.2) is 13.4 Å². The fourth-order valence-corrected chi connectivity index (χ4v) is 3.96. The highest BCUT2D eigenvalue weighted by Crippen LogP contribution is 2.24. The van der Waals surface area contributed by atoms with Crippen molar-refractivity contribution in [3.63, 3.8) is 0 Å². The summed E-state index contributed by atoms with van der Waals surface area (Å²) < 4.78 is 37.8. The average Bonchev–Trinajstić information content (AvgIpc) is 3.06. The Kier molecular flexibility index (Phi) is 4.96. The molecule has 0 N–H and O–H groups in total. The smallest absolute Gasteiger partial charge is 0.244 e. The molecule has 1 aliphatic heterocycles. The highest BCUT2D eigenvalue weighted by molar-refractivity contribution is 7.89. The fourth-order valence-electron chi connectivity index (χ4n) is 2.52. The van der Waals surface area contributed by atoms with Crippen molar-refractivity contribution in [3.8, 4) is 11.6 Å². The Morgan fingerprint density at radius 3 is 2.83 bits per heavy atom. The molecule has 0 aromatic carbocycles. The summed E-state index contributed by atoms with van der Waals surface area (Å²) >= 11 is 0. The van der Waals surface area contributed by atoms with E-state index in [0.29, 0.717) is 37.7 Å². The van der Waals surface area contributed by atoms with Crippen molar-refractivity contribution in [2.24, 2.45) is 0 Å². The molecule has 8 heteroatoms. The first-order chi connectivity index (χ1) is 11.6. The molecule has 0 bridgehead atoms. The molecule has 0 radical (unpaired) electrons. The van der Waals surface area contributed by atoms with Gasteiger partial charge in [-0.05, 0) is 31.5 Å². The molecule has 128 valence electrons. The van der Waals surface area contributed by atoms with Crippen LogP contribution in [0.1, 0.15) is 13.3 Å². The minimum atomic E-state index is -3.58. The molecular formula is C16H19N3O4S. The third-order valence-electron chi connectivity index (χ3n) is 3.68. The summed E-state index contributed by atoms with van der Waals surface area (Å²) in [6, 6.07) is 6.67. The molecule has 7 nitrogen and oxygen atoms in total. The topological polar surface area (TPSA) is 81.6 Å². The zero-order valence-corrected chi connectivity index (χ0v) is 14.1. The molecule has 0 saturated carbocycles. The van der Waals surface area contributed by atoms with E-state index < -0.39 is 10.0 Å². The molecule has 3 rings (SSSR count). The second kappa shape index (κ2) is 7.14. The van der Waals surface area contributed by atoms with E-state index in [1.165, 1.54) is 16.6 Å². The first-order valence-corrected chi connectivity index (χ1v) is 9.19. The second-order valence-electron chi connectivity index (χ2n) is 5.35. The van der Waals surface area contributed by atoms with Gasteiger partial charge < -0.3 is 9.47 Å². The zero-order valence-electron chi connectivity index (χ0n) is 13.3. The Morgan fingerprint density at radius 2 is 2.17 bits per heavy atom. The van der Waals surface area contributed by atoms with Crippen molar-refractivity contribution >= 4 is 10.0 Å². The molecule has 0 amide bonds. The number of ether oxygens (including phenoxy) is 2. The van der Waals surface area contributed by atoms with Crippen molar-refractivity contribution in [1.82, 2.24) is 14.3 Å². The van der Waals surface area contributed by atoms with Crippen LogP contribution in [0, 0.1) is 0 Å². The van der Waals surface area contributed by atoms with E-state index in [1.54, 1.807) is 30.6 Å². The molecule has 1 aliphatic rings. The monoisotopic (exact) mass is 349 g/mol. The number of pyridine rings is 2. The Bertz CT molecular complexity index is 766. The Morgan fingerprint density at radius 1 is 1.29 bits per heavy atom. The van der Waals surface area contributed by atoms with E-state index in [-0.39, 0.29) is 11.0 Å². The molecule has 24 heavy (non-hydrogen) atoms. The summed E-state index contributed by atoms with van der Waals surface area (Å²) in [5, 5.41) is 0. The van der Waals surface area contributed by atoms with Gasteiger partial charge in [0.15, 0.2) is 0 Å². The largest absolute Gasteiger partial charge is 0.487 e. The van der Waals surface area contributed by atoms with E-state index in [4.69, 9.17) is 9.47 Å². The highest BCUT2D eigenvalue weighted by Gasteiger charge is 2.33. The predicted octanol–water partition coefficient (Wildman–Crippen LogP) is 1.72. The van der Waals surface area contributed by atoms with Crippen molar-refractivity contribution in [2.75, 3.05) is 19.7 Å². The van der Waals surface area contributed by atoms with Crippen LogP contribution in [-0.2, 0) is 10.0 Å². The minimum Gasteiger partial charge on any atom is -0.487 e. The van der Waals surface area contributed by atoms with Crippen LogP contribution in [0.2, 0.25) is 0 Å². The van der Waals surface area contributed by atoms with Gasteiger partial charge in [-0.15, -0.1) is 0 Å². The second-order valence-corrected chi connectivity index (χ2v) is 7.28. The summed E-state index contributed by atoms with van der Waals surface area (Å²) in [6.07, 6.45) is 5.07. The van der Waals surface area contributed by atoms with Crippen molar-refractivity contribution < 1.29 is 17.9 Å². The van der Waals surface area contributed by atoms with E-state index in [9.17, 15) is 8.42 Å². The van der Waals surface area contributed by atoms with Crippen LogP contribution in [0.3, 0.4) is 0 Å². The van der Waals surface area contributed by atoms with Crippen LogP contribution >= 0.6 is 0 Å². The lowest BCUT2D eigenvalue weighted by molar-refractivity contribution is 0.214. The average molecular weight is 349 g/mol. The van der Waals surface area contributed by atoms with Gasteiger partial charge in [-0.2, -0.15) is 4.31 Å². The van der Waals surface area contributed by atoms with Crippen LogP contribution in [0.15, 0.2) is 47.8 Å². The van der Waals surface area contributed by atoms with E-state index >= 15 is 0 Å². The SMILES string of the molecule is CCOc1ccc(S(=O)(=O)N2CC[C@H](Oc3cccnc3)C2)cn1. The molecular weight excluding hydrogens is 330 g/mol. The van der Waals surface area contributed by atoms with E-state index in [2.05, 4.69) is 9.97 Å². The van der Waals surface area contributed by atoms with Crippen LogP contribution in [0.5, 0.6) is 11.6 Å². The molecule has 0 spiro atoms. The van der Waals surface area contributed by atoms with Gasteiger partial charge in [0.2, 0.25) is 15.9 Å². The van der Waals surface area contributed by atoms with Crippen molar-refractivity contribution in [2.45, 2.75) is 24.3 Å². The highest BCUT2D eigenvalue weighted by atomic mass is 32.2. The molecule has 1 saturated heterocycles. The van der Waals surface area contributed by atoms with Crippen LogP contribution in [-0.4, -0.2) is 48.5 Å². The van der Waals surface area contributed by atoms with Crippen LogP contribution < -0.4 is 9.47 Å². The molecule has 1 fully saturated rings. The third-order valence-corrected chi connectivity index (χ3v) is 5.53. The maximum absolute atomic E-state index is 12.7. The van der Waals surface area contributed by atoms with E-state index in [1.807, 2.05) is 6.92 Å². The van der Waals surface area contributed by atoms with Gasteiger partial charge in [0.05, 0.1) is 25.5 Å². The Labute approximate surface area is 141 Å². The molecule has 1 atom stereocenters. The number of nitrogens with zero attached hydrogens (tertiary/aromatic N) is 3. The predicted molar refractivity (Wildman–Crippen MR) is 87.4 cm³/mol. The summed E-state index contributed by atoms with van der Waals surface area (Å²) in [6.45, 7) is 3.06. The summed E-state index contributed by atoms with van der Waals surface area (Å²) in [5.74, 6) is 1.06. The number of hydrogen-bond acceptors (Lipinski definition) is 6. The van der Waals surface area contributed by atoms with Crippen LogP contribution in [0.4, 0.5) is 0 Å². The molecule has 0 unspecified atom stereocenters. The van der Waals surface area contributed by atoms with Crippen molar-refractivity contribution in [1.29, 1.82) is 0 Å². The summed E-state index contributed by atoms with van der Waals surface area (Å²) in [4.78, 5) is 8.17. The van der Waals surface area contributed by atoms with Gasteiger partial charge in [0.1, 0.15) is 16.7 Å². The van der Waals surface area contributed by atoms with Gasteiger partial charge >= 0.3 is 0 Å². The first kappa shape index (κ1) is 16.7. The minimum absolute atomic E-state index is 0.160. The Hall–Kier alpha value is -2.19. The fraction of sp³-hybridized carbons (Fsp3) is 0.375. The summed E-state index contributed by atoms with van der Waals surface area (Å²) in [7, 11) is -3.58. The Balaban J connectivity index is 1.67. The lowest BCUT2D eigenvalue weighted by atomic mass is 10.3. The molecule has 2 aromatic heterocycles. The summed E-state index contributed by atoms with van der Waals surface area (Å²) in [5.41, 5.74) is 0. The number of hydrogen-bond donors (Lipinski definition) is 0.